The second-order valence-corrected chi connectivity index (χ2v) is 5.03. The van der Waals surface area contributed by atoms with Crippen molar-refractivity contribution in [3.8, 4) is 0 Å². The molecule has 1 aromatic rings. The van der Waals surface area contributed by atoms with Crippen molar-refractivity contribution in [1.82, 2.24) is 0 Å². The average molecular weight is 293 g/mol. The van der Waals surface area contributed by atoms with Crippen LogP contribution >= 0.6 is 27.5 Å². The molecule has 0 saturated carbocycles. The van der Waals surface area contributed by atoms with Crippen LogP contribution in [0.4, 0.5) is 5.69 Å². The van der Waals surface area contributed by atoms with Gasteiger partial charge in [-0.1, -0.05) is 22.9 Å². The standard InChI is InChI=1S/C10H11BrClNO2/c1-6(7(2)12)9-5-8(11)3-4-10(9)13(14)15/h3-7H,1-2H3. The molecule has 1 rings (SSSR count). The first-order valence-corrected chi connectivity index (χ1v) is 5.74. The number of nitro benzene ring substituents is 1. The zero-order chi connectivity index (χ0) is 11.6. The van der Waals surface area contributed by atoms with Gasteiger partial charge in [0.05, 0.1) is 4.92 Å². The molecule has 0 N–H and O–H groups in total. The molecule has 3 nitrogen and oxygen atoms in total. The number of hydrogen-bond donors (Lipinski definition) is 0. The predicted molar refractivity (Wildman–Crippen MR) is 64.5 cm³/mol. The maximum absolute atomic E-state index is 10.8. The molecule has 0 radical (unpaired) electrons. The fourth-order valence-electron chi connectivity index (χ4n) is 1.30. The minimum Gasteiger partial charge on any atom is -0.258 e. The molecule has 2 unspecified atom stereocenters. The number of halogens is 2. The van der Waals surface area contributed by atoms with Gasteiger partial charge >= 0.3 is 0 Å². The lowest BCUT2D eigenvalue weighted by molar-refractivity contribution is -0.385. The summed E-state index contributed by atoms with van der Waals surface area (Å²) in [4.78, 5) is 10.4. The van der Waals surface area contributed by atoms with E-state index in [2.05, 4.69) is 15.9 Å². The van der Waals surface area contributed by atoms with Crippen molar-refractivity contribution < 1.29 is 4.92 Å². The van der Waals surface area contributed by atoms with Crippen molar-refractivity contribution in [3.63, 3.8) is 0 Å². The molecule has 15 heavy (non-hydrogen) atoms. The first kappa shape index (κ1) is 12.5. The predicted octanol–water partition coefficient (Wildman–Crippen LogP) is 4.09. The van der Waals surface area contributed by atoms with Crippen molar-refractivity contribution in [2.75, 3.05) is 0 Å². The summed E-state index contributed by atoms with van der Waals surface area (Å²) < 4.78 is 0.826. The quantitative estimate of drug-likeness (QED) is 0.478. The van der Waals surface area contributed by atoms with Gasteiger partial charge in [0, 0.05) is 27.4 Å². The lowest BCUT2D eigenvalue weighted by atomic mass is 9.97. The minimum absolute atomic E-state index is 0.0513. The van der Waals surface area contributed by atoms with Gasteiger partial charge in [-0.05, 0) is 19.1 Å². The van der Waals surface area contributed by atoms with Crippen molar-refractivity contribution in [3.05, 3.63) is 38.3 Å². The highest BCUT2D eigenvalue weighted by molar-refractivity contribution is 9.10. The van der Waals surface area contributed by atoms with Gasteiger partial charge in [-0.3, -0.25) is 10.1 Å². The Hall–Kier alpha value is -0.610. The van der Waals surface area contributed by atoms with Crippen LogP contribution in [0.5, 0.6) is 0 Å². The van der Waals surface area contributed by atoms with E-state index in [9.17, 15) is 10.1 Å². The number of benzene rings is 1. The lowest BCUT2D eigenvalue weighted by Crippen LogP contribution is -2.07. The highest BCUT2D eigenvalue weighted by atomic mass is 79.9. The van der Waals surface area contributed by atoms with Crippen molar-refractivity contribution in [2.24, 2.45) is 0 Å². The van der Waals surface area contributed by atoms with Crippen LogP contribution < -0.4 is 0 Å². The number of nitrogens with zero attached hydrogens (tertiary/aromatic N) is 1. The van der Waals surface area contributed by atoms with Crippen LogP contribution in [0.25, 0.3) is 0 Å². The molecular weight excluding hydrogens is 281 g/mol. The Labute approximate surface area is 102 Å². The third-order valence-corrected chi connectivity index (χ3v) is 3.24. The van der Waals surface area contributed by atoms with E-state index in [-0.39, 0.29) is 21.9 Å². The highest BCUT2D eigenvalue weighted by Gasteiger charge is 2.22. The van der Waals surface area contributed by atoms with Crippen molar-refractivity contribution >= 4 is 33.2 Å². The van der Waals surface area contributed by atoms with Gasteiger partial charge < -0.3 is 0 Å². The van der Waals surface area contributed by atoms with E-state index in [1.54, 1.807) is 12.1 Å². The monoisotopic (exact) mass is 291 g/mol. The van der Waals surface area contributed by atoms with E-state index >= 15 is 0 Å². The Morgan fingerprint density at radius 1 is 1.47 bits per heavy atom. The van der Waals surface area contributed by atoms with Gasteiger partial charge in [-0.15, -0.1) is 11.6 Å². The summed E-state index contributed by atoms with van der Waals surface area (Å²) in [6, 6.07) is 4.91. The van der Waals surface area contributed by atoms with E-state index in [1.165, 1.54) is 6.07 Å². The van der Waals surface area contributed by atoms with Crippen LogP contribution in [0.2, 0.25) is 0 Å². The van der Waals surface area contributed by atoms with Crippen molar-refractivity contribution in [2.45, 2.75) is 25.1 Å². The fourth-order valence-corrected chi connectivity index (χ4v) is 1.82. The number of hydrogen-bond acceptors (Lipinski definition) is 2. The van der Waals surface area contributed by atoms with Crippen molar-refractivity contribution in [1.29, 1.82) is 0 Å². The van der Waals surface area contributed by atoms with Gasteiger partial charge in [-0.2, -0.15) is 0 Å². The summed E-state index contributed by atoms with van der Waals surface area (Å²) in [5.41, 5.74) is 0.787. The molecule has 0 spiro atoms. The molecule has 5 heteroatoms. The van der Waals surface area contributed by atoms with Gasteiger partial charge in [0.25, 0.3) is 5.69 Å². The molecule has 0 aliphatic carbocycles. The van der Waals surface area contributed by atoms with Gasteiger partial charge in [0.2, 0.25) is 0 Å². The minimum atomic E-state index is -0.377. The van der Waals surface area contributed by atoms with E-state index in [0.717, 1.165) is 4.47 Å². The lowest BCUT2D eigenvalue weighted by Gasteiger charge is -2.14. The molecule has 0 aliphatic rings. The molecule has 0 aromatic heterocycles. The maximum atomic E-state index is 10.8. The third-order valence-electron chi connectivity index (χ3n) is 2.37. The molecule has 1 aromatic carbocycles. The number of rotatable bonds is 3. The Kier molecular flexibility index (Phi) is 4.11. The second-order valence-electron chi connectivity index (χ2n) is 3.43. The number of alkyl halides is 1. The van der Waals surface area contributed by atoms with E-state index in [0.29, 0.717) is 5.56 Å². The molecule has 0 heterocycles. The molecule has 0 aliphatic heterocycles. The van der Waals surface area contributed by atoms with E-state index in [1.807, 2.05) is 13.8 Å². The van der Waals surface area contributed by atoms with Crippen LogP contribution in [0.3, 0.4) is 0 Å². The van der Waals surface area contributed by atoms with E-state index < -0.39 is 0 Å². The summed E-state index contributed by atoms with van der Waals surface area (Å²) in [7, 11) is 0. The largest absolute Gasteiger partial charge is 0.272 e. The van der Waals surface area contributed by atoms with Gasteiger partial charge in [-0.25, -0.2) is 0 Å². The second kappa shape index (κ2) is 4.94. The summed E-state index contributed by atoms with van der Waals surface area (Å²) >= 11 is 9.25. The Morgan fingerprint density at radius 2 is 2.07 bits per heavy atom. The molecular formula is C10H11BrClNO2. The topological polar surface area (TPSA) is 43.1 Å². The SMILES string of the molecule is CC(Cl)C(C)c1cc(Br)ccc1[N+](=O)[O-]. The van der Waals surface area contributed by atoms with Gasteiger partial charge in [0.15, 0.2) is 0 Å². The first-order chi connectivity index (χ1) is 6.93. The molecule has 0 fully saturated rings. The van der Waals surface area contributed by atoms with Crippen LogP contribution in [-0.2, 0) is 0 Å². The smallest absolute Gasteiger partial charge is 0.258 e. The summed E-state index contributed by atoms with van der Waals surface area (Å²) in [6.07, 6.45) is 0. The van der Waals surface area contributed by atoms with E-state index in [4.69, 9.17) is 11.6 Å². The normalized spacial score (nSPS) is 14.7. The summed E-state index contributed by atoms with van der Waals surface area (Å²) in [5, 5.41) is 10.7. The molecule has 0 amide bonds. The molecule has 0 saturated heterocycles. The Balaban J connectivity index is 3.24. The molecule has 0 bridgehead atoms. The Morgan fingerprint density at radius 3 is 2.53 bits per heavy atom. The molecule has 82 valence electrons. The summed E-state index contributed by atoms with van der Waals surface area (Å²) in [5.74, 6) is -0.0513. The highest BCUT2D eigenvalue weighted by Crippen LogP contribution is 2.32. The molecule has 2 atom stereocenters. The Bertz CT molecular complexity index is 382. The van der Waals surface area contributed by atoms with Gasteiger partial charge in [0.1, 0.15) is 0 Å². The summed E-state index contributed by atoms with van der Waals surface area (Å²) in [6.45, 7) is 3.71. The van der Waals surface area contributed by atoms with Crippen LogP contribution in [0.1, 0.15) is 25.3 Å². The number of nitro groups is 1. The maximum Gasteiger partial charge on any atom is 0.272 e. The first-order valence-electron chi connectivity index (χ1n) is 4.51. The average Bonchev–Trinajstić information content (AvgIpc) is 2.15. The fraction of sp³-hybridized carbons (Fsp3) is 0.400. The van der Waals surface area contributed by atoms with Crippen LogP contribution in [0, 0.1) is 10.1 Å². The zero-order valence-corrected chi connectivity index (χ0v) is 10.7. The zero-order valence-electron chi connectivity index (χ0n) is 8.41. The van der Waals surface area contributed by atoms with Crippen LogP contribution in [-0.4, -0.2) is 10.3 Å². The third kappa shape index (κ3) is 2.92. The van der Waals surface area contributed by atoms with Crippen LogP contribution in [0.15, 0.2) is 22.7 Å².